The van der Waals surface area contributed by atoms with E-state index in [9.17, 15) is 18.0 Å². The highest BCUT2D eigenvalue weighted by Gasteiger charge is 2.19. The van der Waals surface area contributed by atoms with Gasteiger partial charge in [0, 0.05) is 7.11 Å². The van der Waals surface area contributed by atoms with E-state index in [0.717, 1.165) is 0 Å². The molecule has 0 heterocycles. The minimum absolute atomic E-state index is 0.0970. The fourth-order valence-electron chi connectivity index (χ4n) is 1.56. The van der Waals surface area contributed by atoms with Gasteiger partial charge in [0.15, 0.2) is 6.10 Å². The molecule has 1 rings (SSSR count). The van der Waals surface area contributed by atoms with Gasteiger partial charge in [-0.1, -0.05) is 12.1 Å². The number of nitrogens with one attached hydrogen (secondary N) is 2. The van der Waals surface area contributed by atoms with Crippen LogP contribution >= 0.6 is 0 Å². The summed E-state index contributed by atoms with van der Waals surface area (Å²) < 4.78 is 30.2. The van der Waals surface area contributed by atoms with Crippen molar-refractivity contribution < 1.29 is 27.9 Å². The van der Waals surface area contributed by atoms with Crippen LogP contribution in [0, 0.1) is 0 Å². The maximum Gasteiger partial charge on any atom is 0.334 e. The van der Waals surface area contributed by atoms with Gasteiger partial charge in [0.2, 0.25) is 10.0 Å². The number of rotatable bonds is 8. The van der Waals surface area contributed by atoms with Crippen LogP contribution in [-0.4, -0.2) is 50.9 Å². The Morgan fingerprint density at radius 2 is 1.95 bits per heavy atom. The van der Waals surface area contributed by atoms with Gasteiger partial charge in [0.25, 0.3) is 5.91 Å². The van der Waals surface area contributed by atoms with Crippen LogP contribution in [0.15, 0.2) is 24.3 Å². The number of aliphatic carboxylic acids is 1. The second-order valence-corrected chi connectivity index (χ2v) is 6.33. The first-order chi connectivity index (χ1) is 10.3. The van der Waals surface area contributed by atoms with E-state index in [4.69, 9.17) is 9.84 Å². The molecule has 122 valence electrons. The first-order valence-electron chi connectivity index (χ1n) is 6.44. The summed E-state index contributed by atoms with van der Waals surface area (Å²) in [5, 5.41) is 11.2. The molecule has 22 heavy (non-hydrogen) atoms. The van der Waals surface area contributed by atoms with E-state index >= 15 is 0 Å². The second kappa shape index (κ2) is 7.76. The zero-order valence-electron chi connectivity index (χ0n) is 12.2. The molecule has 1 atom stereocenters. The van der Waals surface area contributed by atoms with Gasteiger partial charge < -0.3 is 15.2 Å². The smallest absolute Gasteiger partial charge is 0.334 e. The first-order valence-corrected chi connectivity index (χ1v) is 8.09. The summed E-state index contributed by atoms with van der Waals surface area (Å²) in [5.41, 5.74) is 0.228. The normalized spacial score (nSPS) is 12.5. The maximum atomic E-state index is 12.1. The number of para-hydroxylation sites is 1. The quantitative estimate of drug-likeness (QED) is 0.629. The number of hydrogen-bond acceptors (Lipinski definition) is 5. The zero-order chi connectivity index (χ0) is 16.8. The summed E-state index contributed by atoms with van der Waals surface area (Å²) >= 11 is 0. The molecule has 1 aromatic rings. The Hall–Kier alpha value is -2.13. The van der Waals surface area contributed by atoms with E-state index in [2.05, 4.69) is 10.0 Å². The van der Waals surface area contributed by atoms with Crippen molar-refractivity contribution in [1.29, 1.82) is 0 Å². The minimum atomic E-state index is -3.53. The molecule has 0 aliphatic rings. The second-order valence-electron chi connectivity index (χ2n) is 4.32. The van der Waals surface area contributed by atoms with Crippen molar-refractivity contribution >= 4 is 27.6 Å². The van der Waals surface area contributed by atoms with Crippen LogP contribution in [0.3, 0.4) is 0 Å². The number of methoxy groups -OCH3 is 1. The molecule has 0 spiro atoms. The molecule has 0 bridgehead atoms. The summed E-state index contributed by atoms with van der Waals surface area (Å²) in [7, 11) is -2.31. The van der Waals surface area contributed by atoms with E-state index < -0.39 is 28.0 Å². The number of carbonyl (C=O) groups is 2. The third-order valence-corrected chi connectivity index (χ3v) is 4.12. The third-order valence-electron chi connectivity index (χ3n) is 2.83. The molecule has 0 saturated carbocycles. The Morgan fingerprint density at radius 3 is 2.50 bits per heavy atom. The summed E-state index contributed by atoms with van der Waals surface area (Å²) in [6, 6.07) is 6.04. The van der Waals surface area contributed by atoms with Crippen molar-refractivity contribution in [2.24, 2.45) is 0 Å². The zero-order valence-corrected chi connectivity index (χ0v) is 13.0. The van der Waals surface area contributed by atoms with Crippen molar-refractivity contribution in [1.82, 2.24) is 5.32 Å². The molecule has 1 unspecified atom stereocenters. The van der Waals surface area contributed by atoms with Gasteiger partial charge in [-0.05, 0) is 19.1 Å². The van der Waals surface area contributed by atoms with Crippen LogP contribution < -0.4 is 10.0 Å². The van der Waals surface area contributed by atoms with Gasteiger partial charge >= 0.3 is 5.97 Å². The van der Waals surface area contributed by atoms with Gasteiger partial charge in [0.1, 0.15) is 0 Å². The van der Waals surface area contributed by atoms with E-state index in [1.165, 1.54) is 26.2 Å². The summed E-state index contributed by atoms with van der Waals surface area (Å²) in [4.78, 5) is 22.9. The summed E-state index contributed by atoms with van der Waals surface area (Å²) in [6.07, 6.45) is -1.18. The largest absolute Gasteiger partial charge is 0.479 e. The van der Waals surface area contributed by atoms with E-state index in [0.29, 0.717) is 0 Å². The molecule has 0 aliphatic carbocycles. The number of anilines is 1. The maximum absolute atomic E-state index is 12.1. The van der Waals surface area contributed by atoms with Gasteiger partial charge in [0.05, 0.1) is 23.5 Å². The van der Waals surface area contributed by atoms with Crippen molar-refractivity contribution in [3.8, 4) is 0 Å². The van der Waals surface area contributed by atoms with Crippen LogP contribution in [0.1, 0.15) is 17.3 Å². The Kier molecular flexibility index (Phi) is 6.32. The molecule has 1 amide bonds. The van der Waals surface area contributed by atoms with Gasteiger partial charge in [-0.25, -0.2) is 13.2 Å². The Labute approximate surface area is 128 Å². The SMILES string of the molecule is CCS(=O)(=O)Nc1ccccc1C(=O)NCC(OC)C(=O)O. The van der Waals surface area contributed by atoms with Crippen LogP contribution in [0.25, 0.3) is 0 Å². The van der Waals surface area contributed by atoms with Gasteiger partial charge in [-0.2, -0.15) is 0 Å². The lowest BCUT2D eigenvalue weighted by molar-refractivity contribution is -0.148. The highest BCUT2D eigenvalue weighted by Crippen LogP contribution is 2.16. The molecule has 0 radical (unpaired) electrons. The summed E-state index contributed by atoms with van der Waals surface area (Å²) in [6.45, 7) is 1.24. The number of benzene rings is 1. The Balaban J connectivity index is 2.88. The number of carboxylic acid groups (broad SMARTS) is 1. The average molecular weight is 330 g/mol. The lowest BCUT2D eigenvalue weighted by Gasteiger charge is -2.14. The molecular weight excluding hydrogens is 312 g/mol. The number of sulfonamides is 1. The molecule has 3 N–H and O–H groups in total. The number of hydrogen-bond donors (Lipinski definition) is 3. The summed E-state index contributed by atoms with van der Waals surface area (Å²) in [5.74, 6) is -1.94. The van der Waals surface area contributed by atoms with Crippen LogP contribution in [0.5, 0.6) is 0 Å². The van der Waals surface area contributed by atoms with Crippen molar-refractivity contribution in [2.75, 3.05) is 24.1 Å². The number of carbonyl (C=O) groups excluding carboxylic acids is 1. The van der Waals surface area contributed by atoms with E-state index in [1.54, 1.807) is 12.1 Å². The van der Waals surface area contributed by atoms with Gasteiger partial charge in [-0.3, -0.25) is 9.52 Å². The molecular formula is C13H18N2O6S. The number of ether oxygens (including phenoxy) is 1. The predicted molar refractivity (Wildman–Crippen MR) is 80.3 cm³/mol. The van der Waals surface area contributed by atoms with Crippen LogP contribution in [-0.2, 0) is 19.6 Å². The predicted octanol–water partition coefficient (Wildman–Crippen LogP) is 0.278. The van der Waals surface area contributed by atoms with Crippen molar-refractivity contribution in [3.63, 3.8) is 0 Å². The highest BCUT2D eigenvalue weighted by molar-refractivity contribution is 7.92. The fourth-order valence-corrected chi connectivity index (χ4v) is 2.22. The highest BCUT2D eigenvalue weighted by atomic mass is 32.2. The molecule has 0 fully saturated rings. The number of amides is 1. The van der Waals surface area contributed by atoms with E-state index in [-0.39, 0.29) is 23.5 Å². The third kappa shape index (κ3) is 5.01. The van der Waals surface area contributed by atoms with Crippen molar-refractivity contribution in [3.05, 3.63) is 29.8 Å². The first kappa shape index (κ1) is 17.9. The van der Waals surface area contributed by atoms with E-state index in [1.807, 2.05) is 0 Å². The number of carboxylic acids is 1. The Bertz CT molecular complexity index is 644. The van der Waals surface area contributed by atoms with Gasteiger partial charge in [-0.15, -0.1) is 0 Å². The standard InChI is InChI=1S/C13H18N2O6S/c1-3-22(19,20)15-10-7-5-4-6-9(10)12(16)14-8-11(21-2)13(17)18/h4-7,11,15H,3,8H2,1-2H3,(H,14,16)(H,17,18). The lowest BCUT2D eigenvalue weighted by atomic mass is 10.1. The molecule has 9 heteroatoms. The molecule has 1 aromatic carbocycles. The Morgan fingerprint density at radius 1 is 1.32 bits per heavy atom. The average Bonchev–Trinajstić information content (AvgIpc) is 2.47. The minimum Gasteiger partial charge on any atom is -0.479 e. The van der Waals surface area contributed by atoms with Crippen LogP contribution in [0.4, 0.5) is 5.69 Å². The van der Waals surface area contributed by atoms with Crippen LogP contribution in [0.2, 0.25) is 0 Å². The topological polar surface area (TPSA) is 122 Å². The lowest BCUT2D eigenvalue weighted by Crippen LogP contribution is -2.38. The van der Waals surface area contributed by atoms with Crippen molar-refractivity contribution in [2.45, 2.75) is 13.0 Å². The molecule has 0 aromatic heterocycles. The molecule has 0 saturated heterocycles. The monoisotopic (exact) mass is 330 g/mol. The fraction of sp³-hybridized carbons (Fsp3) is 0.385. The molecule has 0 aliphatic heterocycles. The molecule has 8 nitrogen and oxygen atoms in total.